The normalized spacial score (nSPS) is 16.4. The van der Waals surface area contributed by atoms with Gasteiger partial charge in [-0.05, 0) is 108 Å². The fourth-order valence-corrected chi connectivity index (χ4v) is 6.71. The zero-order valence-electron chi connectivity index (χ0n) is 26.0. The molecular weight excluding hydrogens is 553 g/mol. The Hall–Kier alpha value is -2.74. The molecule has 2 aromatic rings. The molecular formula is C33H46NO7P. The zero-order chi connectivity index (χ0) is 31.1. The first-order chi connectivity index (χ1) is 19.6. The first kappa shape index (κ1) is 33.8. The molecule has 42 heavy (non-hydrogen) atoms. The first-order valence-corrected chi connectivity index (χ1v) is 15.8. The summed E-state index contributed by atoms with van der Waals surface area (Å²) in [6.07, 6.45) is 5.06. The number of aromatic carboxylic acids is 1. The van der Waals surface area contributed by atoms with Crippen molar-refractivity contribution in [3.8, 4) is 0 Å². The van der Waals surface area contributed by atoms with Crippen LogP contribution in [0, 0.1) is 5.92 Å². The van der Waals surface area contributed by atoms with E-state index in [1.165, 1.54) is 0 Å². The van der Waals surface area contributed by atoms with Crippen LogP contribution in [-0.4, -0.2) is 42.2 Å². The third kappa shape index (κ3) is 9.92. The van der Waals surface area contributed by atoms with Gasteiger partial charge in [-0.2, -0.15) is 0 Å². The molecule has 9 heteroatoms. The number of hydrogen-bond acceptors (Lipinski definition) is 7. The minimum atomic E-state index is -3.95. The molecule has 1 aliphatic heterocycles. The Morgan fingerprint density at radius 3 is 2.12 bits per heavy atom. The van der Waals surface area contributed by atoms with Gasteiger partial charge in [-0.25, -0.2) is 9.36 Å². The molecule has 0 spiro atoms. The summed E-state index contributed by atoms with van der Waals surface area (Å²) in [5, 5.41) is 9.24. The molecule has 1 aliphatic rings. The molecule has 0 saturated carbocycles. The average Bonchev–Trinajstić information content (AvgIpc) is 2.89. The largest absolute Gasteiger partial charge is 0.478 e. The third-order valence-corrected chi connectivity index (χ3v) is 8.70. The van der Waals surface area contributed by atoms with Gasteiger partial charge in [0.1, 0.15) is 0 Å². The van der Waals surface area contributed by atoms with Crippen LogP contribution in [0.25, 0.3) is 5.57 Å². The number of carboxylic acids is 1. The lowest BCUT2D eigenvalue weighted by atomic mass is 9.84. The standard InChI is InChI=1S/C33H46NO7P/c1-9-12-24(2)28-13-10-11-14-29(28)30(38-23-39-42(37,40-32(3,4)5)41-33(6,7)8)25-19-21-34(22-20-25)27-17-15-26(16-18-27)31(35)36/h9-18,25,30H,1,19-23H2,2-8H3,(H,35,36)/b24-12+/t30-/m1/s1. The number of anilines is 1. The molecule has 0 aromatic heterocycles. The van der Waals surface area contributed by atoms with E-state index in [0.29, 0.717) is 0 Å². The van der Waals surface area contributed by atoms with Crippen molar-refractivity contribution in [2.45, 2.75) is 78.6 Å². The lowest BCUT2D eigenvalue weighted by Gasteiger charge is -2.38. The summed E-state index contributed by atoms with van der Waals surface area (Å²) in [4.78, 5) is 13.5. The summed E-state index contributed by atoms with van der Waals surface area (Å²) < 4.78 is 37.5. The number of phosphoric acid groups is 1. The fourth-order valence-electron chi connectivity index (χ4n) is 5.04. The molecule has 3 rings (SSSR count). The smallest absolute Gasteiger partial charge is 0.477 e. The van der Waals surface area contributed by atoms with Gasteiger partial charge in [-0.15, -0.1) is 0 Å². The second-order valence-corrected chi connectivity index (χ2v) is 14.1. The maximum atomic E-state index is 13.7. The summed E-state index contributed by atoms with van der Waals surface area (Å²) in [7, 11) is -3.95. The quantitative estimate of drug-likeness (QED) is 0.147. The van der Waals surface area contributed by atoms with Crippen molar-refractivity contribution in [3.63, 3.8) is 0 Å². The van der Waals surface area contributed by atoms with E-state index in [2.05, 4.69) is 23.6 Å². The van der Waals surface area contributed by atoms with Gasteiger partial charge in [-0.1, -0.05) is 43.0 Å². The van der Waals surface area contributed by atoms with Crippen molar-refractivity contribution in [3.05, 3.63) is 84.0 Å². The molecule has 0 amide bonds. The molecule has 1 atom stereocenters. The van der Waals surface area contributed by atoms with Crippen molar-refractivity contribution in [1.29, 1.82) is 0 Å². The van der Waals surface area contributed by atoms with Crippen molar-refractivity contribution in [2.75, 3.05) is 24.8 Å². The van der Waals surface area contributed by atoms with Crippen LogP contribution in [0.2, 0.25) is 0 Å². The van der Waals surface area contributed by atoms with Crippen LogP contribution in [0.15, 0.2) is 67.3 Å². The second kappa shape index (κ2) is 14.2. The van der Waals surface area contributed by atoms with Gasteiger partial charge in [0.05, 0.1) is 22.9 Å². The SMILES string of the molecule is C=C/C=C(\C)c1ccccc1[C@H](OCOP(=O)(OC(C)(C)C)OC(C)(C)C)C1CCN(c2ccc(C(=O)O)cc2)CC1. The monoisotopic (exact) mass is 599 g/mol. The van der Waals surface area contributed by atoms with E-state index in [4.69, 9.17) is 18.3 Å². The maximum absolute atomic E-state index is 13.7. The van der Waals surface area contributed by atoms with E-state index in [1.54, 1.807) is 59.8 Å². The summed E-state index contributed by atoms with van der Waals surface area (Å²) in [6.45, 7) is 18.0. The lowest BCUT2D eigenvalue weighted by molar-refractivity contribution is -0.0936. The van der Waals surface area contributed by atoms with E-state index >= 15 is 0 Å². The van der Waals surface area contributed by atoms with Crippen molar-refractivity contribution in [1.82, 2.24) is 0 Å². The summed E-state index contributed by atoms with van der Waals surface area (Å²) >= 11 is 0. The summed E-state index contributed by atoms with van der Waals surface area (Å²) in [6, 6.07) is 15.1. The highest BCUT2D eigenvalue weighted by molar-refractivity contribution is 7.48. The van der Waals surface area contributed by atoms with Crippen LogP contribution in [0.1, 0.15) is 88.9 Å². The molecule has 230 valence electrons. The Balaban J connectivity index is 1.85. The van der Waals surface area contributed by atoms with E-state index in [9.17, 15) is 14.5 Å². The number of carboxylic acid groups (broad SMARTS) is 1. The Morgan fingerprint density at radius 2 is 1.60 bits per heavy atom. The highest BCUT2D eigenvalue weighted by atomic mass is 31.2. The molecule has 0 radical (unpaired) electrons. The van der Waals surface area contributed by atoms with E-state index in [1.807, 2.05) is 37.3 Å². The topological polar surface area (TPSA) is 94.5 Å². The van der Waals surface area contributed by atoms with Crippen LogP contribution in [-0.2, 0) is 22.9 Å². The van der Waals surface area contributed by atoms with E-state index < -0.39 is 25.0 Å². The molecule has 2 aromatic carbocycles. The molecule has 1 fully saturated rings. The van der Waals surface area contributed by atoms with Crippen LogP contribution >= 0.6 is 7.82 Å². The molecule has 0 unspecified atom stereocenters. The van der Waals surface area contributed by atoms with Gasteiger partial charge in [0, 0.05) is 18.8 Å². The summed E-state index contributed by atoms with van der Waals surface area (Å²) in [5.74, 6) is -0.792. The summed E-state index contributed by atoms with van der Waals surface area (Å²) in [5.41, 5.74) is 2.88. The van der Waals surface area contributed by atoms with Gasteiger partial charge in [0.25, 0.3) is 0 Å². The van der Waals surface area contributed by atoms with Gasteiger partial charge in [0.2, 0.25) is 0 Å². The lowest BCUT2D eigenvalue weighted by Crippen LogP contribution is -2.36. The number of piperidine rings is 1. The molecule has 1 heterocycles. The Morgan fingerprint density at radius 1 is 1.02 bits per heavy atom. The molecule has 1 N–H and O–H groups in total. The first-order valence-electron chi connectivity index (χ1n) is 14.4. The van der Waals surface area contributed by atoms with E-state index in [-0.39, 0.29) is 24.4 Å². The number of rotatable bonds is 12. The number of allylic oxidation sites excluding steroid dienone is 3. The highest BCUT2D eigenvalue weighted by Gasteiger charge is 2.38. The number of phosphoric ester groups is 1. The average molecular weight is 600 g/mol. The number of hydrogen-bond donors (Lipinski definition) is 1. The Labute approximate surface area is 250 Å². The predicted molar refractivity (Wildman–Crippen MR) is 168 cm³/mol. The molecule has 0 aliphatic carbocycles. The van der Waals surface area contributed by atoms with Crippen LogP contribution in [0.4, 0.5) is 5.69 Å². The number of carbonyl (C=O) groups is 1. The molecule has 0 bridgehead atoms. The highest BCUT2D eigenvalue weighted by Crippen LogP contribution is 2.55. The van der Waals surface area contributed by atoms with Crippen molar-refractivity contribution >= 4 is 25.1 Å². The maximum Gasteiger partial charge on any atom is 0.477 e. The minimum absolute atomic E-state index is 0.146. The van der Waals surface area contributed by atoms with Gasteiger partial charge >= 0.3 is 13.8 Å². The van der Waals surface area contributed by atoms with Gasteiger partial charge in [0.15, 0.2) is 6.79 Å². The zero-order valence-corrected chi connectivity index (χ0v) is 26.9. The number of ether oxygens (including phenoxy) is 1. The van der Waals surface area contributed by atoms with Crippen molar-refractivity contribution in [2.24, 2.45) is 5.92 Å². The van der Waals surface area contributed by atoms with E-state index in [0.717, 1.165) is 48.3 Å². The van der Waals surface area contributed by atoms with Gasteiger partial charge < -0.3 is 14.7 Å². The van der Waals surface area contributed by atoms with Gasteiger partial charge in [-0.3, -0.25) is 13.6 Å². The van der Waals surface area contributed by atoms with Crippen LogP contribution in [0.3, 0.4) is 0 Å². The van der Waals surface area contributed by atoms with Crippen molar-refractivity contribution < 1.29 is 32.8 Å². The Kier molecular flexibility index (Phi) is 11.4. The number of nitrogens with zero attached hydrogens (tertiary/aromatic N) is 1. The Bertz CT molecular complexity index is 1260. The third-order valence-electron chi connectivity index (χ3n) is 6.74. The minimum Gasteiger partial charge on any atom is -0.478 e. The molecule has 8 nitrogen and oxygen atoms in total. The number of benzene rings is 2. The fraction of sp³-hybridized carbons (Fsp3) is 0.485. The van der Waals surface area contributed by atoms with Crippen LogP contribution in [0.5, 0.6) is 0 Å². The van der Waals surface area contributed by atoms with Crippen LogP contribution < -0.4 is 4.90 Å². The second-order valence-electron chi connectivity index (χ2n) is 12.5. The predicted octanol–water partition coefficient (Wildman–Crippen LogP) is 8.66. The molecule has 1 saturated heterocycles.